The largest absolute Gasteiger partial charge is 0.336 e. The third-order valence-corrected chi connectivity index (χ3v) is 8.98. The number of piperazine rings is 1. The second kappa shape index (κ2) is 10.9. The van der Waals surface area contributed by atoms with Crippen LogP contribution in [-0.4, -0.2) is 67.9 Å². The van der Waals surface area contributed by atoms with E-state index in [1.165, 1.54) is 0 Å². The maximum absolute atomic E-state index is 13.5. The lowest BCUT2D eigenvalue weighted by Crippen LogP contribution is -2.56. The minimum absolute atomic E-state index is 0.00890. The molecule has 0 bridgehead atoms. The number of rotatable bonds is 8. The normalized spacial score (nSPS) is 18.2. The number of carbonyl (C=O) groups is 1. The van der Waals surface area contributed by atoms with Crippen LogP contribution in [0.5, 0.6) is 0 Å². The Bertz CT molecular complexity index is 1230. The lowest BCUT2D eigenvalue weighted by molar-refractivity contribution is 0.0446. The SMILES string of the molecule is CC(CS)CN1CCN(C(=O)c2cccc3ccccc23)CC1CCS(=O)(=O)c1ccccc1. The number of sulfone groups is 1. The monoisotopic (exact) mass is 496 g/mol. The van der Waals surface area contributed by atoms with Crippen molar-refractivity contribution in [2.45, 2.75) is 24.3 Å². The molecule has 3 aromatic rings. The van der Waals surface area contributed by atoms with Gasteiger partial charge in [0.25, 0.3) is 5.91 Å². The Morgan fingerprint density at radius 1 is 1.00 bits per heavy atom. The second-order valence-corrected chi connectivity index (χ2v) is 11.6. The van der Waals surface area contributed by atoms with Crippen molar-refractivity contribution >= 4 is 39.1 Å². The molecule has 0 N–H and O–H groups in total. The lowest BCUT2D eigenvalue weighted by Gasteiger charge is -2.42. The first-order valence-corrected chi connectivity index (χ1v) is 14.1. The second-order valence-electron chi connectivity index (χ2n) is 9.13. The minimum Gasteiger partial charge on any atom is -0.336 e. The zero-order chi connectivity index (χ0) is 24.1. The van der Waals surface area contributed by atoms with Gasteiger partial charge in [0, 0.05) is 37.8 Å². The molecule has 7 heteroatoms. The van der Waals surface area contributed by atoms with E-state index < -0.39 is 9.84 Å². The molecule has 0 aromatic heterocycles. The van der Waals surface area contributed by atoms with Gasteiger partial charge in [-0.25, -0.2) is 8.42 Å². The highest BCUT2D eigenvalue weighted by atomic mass is 32.2. The summed E-state index contributed by atoms with van der Waals surface area (Å²) >= 11 is 4.44. The summed E-state index contributed by atoms with van der Waals surface area (Å²) in [5, 5.41) is 1.99. The molecule has 0 saturated carbocycles. The Hall–Kier alpha value is -2.35. The molecule has 1 saturated heterocycles. The zero-order valence-electron chi connectivity index (χ0n) is 19.5. The first-order valence-electron chi connectivity index (χ1n) is 11.8. The van der Waals surface area contributed by atoms with Gasteiger partial charge in [-0.3, -0.25) is 9.69 Å². The molecular formula is C27H32N2O3S2. The van der Waals surface area contributed by atoms with Gasteiger partial charge in [0.1, 0.15) is 0 Å². The van der Waals surface area contributed by atoms with E-state index in [1.807, 2.05) is 53.4 Å². The average molecular weight is 497 g/mol. The summed E-state index contributed by atoms with van der Waals surface area (Å²) in [4.78, 5) is 18.1. The molecule has 3 aromatic carbocycles. The smallest absolute Gasteiger partial charge is 0.254 e. The Kier molecular flexibility index (Phi) is 7.96. The average Bonchev–Trinajstić information content (AvgIpc) is 2.87. The fraction of sp³-hybridized carbons (Fsp3) is 0.370. The van der Waals surface area contributed by atoms with Gasteiger partial charge in [-0.15, -0.1) is 0 Å². The number of carbonyl (C=O) groups excluding carboxylic acids is 1. The summed E-state index contributed by atoms with van der Waals surface area (Å²) in [6.45, 7) is 4.87. The Morgan fingerprint density at radius 3 is 2.47 bits per heavy atom. The molecule has 5 nitrogen and oxygen atoms in total. The van der Waals surface area contributed by atoms with Crippen molar-refractivity contribution in [2.75, 3.05) is 37.7 Å². The molecule has 1 fully saturated rings. The minimum atomic E-state index is -3.38. The molecule has 1 aliphatic heterocycles. The topological polar surface area (TPSA) is 57.7 Å². The van der Waals surface area contributed by atoms with Crippen LogP contribution in [0.25, 0.3) is 10.8 Å². The van der Waals surface area contributed by atoms with Crippen molar-refractivity contribution in [3.8, 4) is 0 Å². The van der Waals surface area contributed by atoms with E-state index in [9.17, 15) is 13.2 Å². The highest BCUT2D eigenvalue weighted by Crippen LogP contribution is 2.24. The Balaban J connectivity index is 1.53. The fourth-order valence-electron chi connectivity index (χ4n) is 4.67. The first kappa shape index (κ1) is 24.8. The summed E-state index contributed by atoms with van der Waals surface area (Å²) in [7, 11) is -3.38. The molecule has 0 aliphatic carbocycles. The third kappa shape index (κ3) is 5.65. The van der Waals surface area contributed by atoms with Crippen LogP contribution in [0, 0.1) is 5.92 Å². The number of fused-ring (bicyclic) bond motifs is 1. The maximum atomic E-state index is 13.5. The molecule has 1 aliphatic rings. The summed E-state index contributed by atoms with van der Waals surface area (Å²) < 4.78 is 25.9. The standard InChI is InChI=1S/C27H32N2O3S2/c1-21(20-33)18-28-15-16-29(27(30)26-13-7-9-22-8-5-6-12-25(22)26)19-23(28)14-17-34(31,32)24-10-3-2-4-11-24/h2-13,21,23,33H,14-20H2,1H3. The number of benzene rings is 3. The van der Waals surface area contributed by atoms with Crippen LogP contribution >= 0.6 is 12.6 Å². The number of thiol groups is 1. The highest BCUT2D eigenvalue weighted by Gasteiger charge is 2.32. The Labute approximate surface area is 208 Å². The van der Waals surface area contributed by atoms with Gasteiger partial charge < -0.3 is 4.90 Å². The van der Waals surface area contributed by atoms with E-state index in [-0.39, 0.29) is 17.7 Å². The van der Waals surface area contributed by atoms with Gasteiger partial charge in [0.15, 0.2) is 9.84 Å². The predicted octanol–water partition coefficient (Wildman–Crippen LogP) is 4.40. The van der Waals surface area contributed by atoms with Crippen LogP contribution in [-0.2, 0) is 9.84 Å². The van der Waals surface area contributed by atoms with E-state index in [0.29, 0.717) is 35.9 Å². The summed E-state index contributed by atoms with van der Waals surface area (Å²) in [6, 6.07) is 22.3. The van der Waals surface area contributed by atoms with Crippen molar-refractivity contribution in [3.05, 3.63) is 78.4 Å². The number of nitrogens with zero attached hydrogens (tertiary/aromatic N) is 2. The zero-order valence-corrected chi connectivity index (χ0v) is 21.2. The fourth-order valence-corrected chi connectivity index (χ4v) is 6.17. The quantitative estimate of drug-likeness (QED) is 0.470. The van der Waals surface area contributed by atoms with E-state index in [4.69, 9.17) is 0 Å². The summed E-state index contributed by atoms with van der Waals surface area (Å²) in [5.41, 5.74) is 0.700. The molecule has 0 spiro atoms. The Morgan fingerprint density at radius 2 is 1.71 bits per heavy atom. The van der Waals surface area contributed by atoms with Gasteiger partial charge in [-0.05, 0) is 47.1 Å². The van der Waals surface area contributed by atoms with Crippen LogP contribution in [0.1, 0.15) is 23.7 Å². The summed E-state index contributed by atoms with van der Waals surface area (Å²) in [5.74, 6) is 1.22. The number of amides is 1. The molecule has 2 unspecified atom stereocenters. The van der Waals surface area contributed by atoms with Crippen molar-refractivity contribution in [3.63, 3.8) is 0 Å². The molecule has 0 radical (unpaired) electrons. The van der Waals surface area contributed by atoms with E-state index >= 15 is 0 Å². The van der Waals surface area contributed by atoms with Gasteiger partial charge in [-0.1, -0.05) is 61.5 Å². The first-order chi connectivity index (χ1) is 16.4. The molecule has 4 rings (SSSR count). The van der Waals surface area contributed by atoms with Gasteiger partial charge in [0.2, 0.25) is 0 Å². The van der Waals surface area contributed by atoms with Gasteiger partial charge in [0.05, 0.1) is 10.6 Å². The lowest BCUT2D eigenvalue weighted by atomic mass is 10.0. The van der Waals surface area contributed by atoms with Crippen molar-refractivity contribution in [1.82, 2.24) is 9.80 Å². The maximum Gasteiger partial charge on any atom is 0.254 e. The number of hydrogen-bond acceptors (Lipinski definition) is 5. The van der Waals surface area contributed by atoms with E-state index in [1.54, 1.807) is 24.3 Å². The molecule has 1 heterocycles. The molecule has 1 amide bonds. The van der Waals surface area contributed by atoms with E-state index in [0.717, 1.165) is 29.6 Å². The molecule has 2 atom stereocenters. The molecular weight excluding hydrogens is 464 g/mol. The van der Waals surface area contributed by atoms with Crippen LogP contribution < -0.4 is 0 Å². The van der Waals surface area contributed by atoms with E-state index in [2.05, 4.69) is 24.5 Å². The molecule has 34 heavy (non-hydrogen) atoms. The van der Waals surface area contributed by atoms with Gasteiger partial charge in [-0.2, -0.15) is 12.6 Å². The number of hydrogen-bond donors (Lipinski definition) is 1. The van der Waals surface area contributed by atoms with Crippen LogP contribution in [0.3, 0.4) is 0 Å². The van der Waals surface area contributed by atoms with Crippen LogP contribution in [0.15, 0.2) is 77.7 Å². The van der Waals surface area contributed by atoms with Crippen molar-refractivity contribution in [2.24, 2.45) is 5.92 Å². The van der Waals surface area contributed by atoms with Crippen LogP contribution in [0.4, 0.5) is 0 Å². The third-order valence-electron chi connectivity index (χ3n) is 6.59. The van der Waals surface area contributed by atoms with Crippen molar-refractivity contribution < 1.29 is 13.2 Å². The predicted molar refractivity (Wildman–Crippen MR) is 141 cm³/mol. The van der Waals surface area contributed by atoms with Gasteiger partial charge >= 0.3 is 0 Å². The van der Waals surface area contributed by atoms with Crippen molar-refractivity contribution in [1.29, 1.82) is 0 Å². The highest BCUT2D eigenvalue weighted by molar-refractivity contribution is 7.91. The summed E-state index contributed by atoms with van der Waals surface area (Å²) in [6.07, 6.45) is 0.482. The molecule has 180 valence electrons. The van der Waals surface area contributed by atoms with Crippen LogP contribution in [0.2, 0.25) is 0 Å².